The number of benzene rings is 1. The molecule has 0 saturated carbocycles. The van der Waals surface area contributed by atoms with Crippen LogP contribution in [0.4, 0.5) is 11.5 Å². The van der Waals surface area contributed by atoms with Gasteiger partial charge in [0.05, 0.1) is 5.02 Å². The summed E-state index contributed by atoms with van der Waals surface area (Å²) in [5.74, 6) is 0.770. The second kappa shape index (κ2) is 6.04. The minimum atomic E-state index is 0.664. The van der Waals surface area contributed by atoms with Crippen molar-refractivity contribution in [1.29, 1.82) is 0 Å². The predicted octanol–water partition coefficient (Wildman–Crippen LogP) is 3.53. The lowest BCUT2D eigenvalue weighted by Gasteiger charge is -2.20. The maximum atomic E-state index is 6.32. The first kappa shape index (κ1) is 13.8. The van der Waals surface area contributed by atoms with E-state index in [2.05, 4.69) is 29.4 Å². The van der Waals surface area contributed by atoms with Gasteiger partial charge in [0, 0.05) is 25.5 Å². The Kier molecular flexibility index (Phi) is 4.40. The van der Waals surface area contributed by atoms with Gasteiger partial charge in [0.2, 0.25) is 0 Å². The Bertz CT molecular complexity index is 569. The standard InChI is InChI=1S/C15H18ClN3/c1-11-5-4-6-13(7-11)19(3)15-14(16)8-12(9-17-2)10-18-15/h4-8,10,17H,9H2,1-3H3. The zero-order valence-electron chi connectivity index (χ0n) is 11.4. The van der Waals surface area contributed by atoms with Crippen molar-refractivity contribution in [2.75, 3.05) is 19.0 Å². The Hall–Kier alpha value is -1.58. The molecule has 0 saturated heterocycles. The predicted molar refractivity (Wildman–Crippen MR) is 81.3 cm³/mol. The quantitative estimate of drug-likeness (QED) is 0.925. The Morgan fingerprint density at radius 2 is 2.11 bits per heavy atom. The second-order valence-corrected chi connectivity index (χ2v) is 4.98. The van der Waals surface area contributed by atoms with Crippen molar-refractivity contribution in [3.8, 4) is 0 Å². The summed E-state index contributed by atoms with van der Waals surface area (Å²) in [5.41, 5.74) is 3.37. The maximum absolute atomic E-state index is 6.32. The minimum absolute atomic E-state index is 0.664. The zero-order valence-corrected chi connectivity index (χ0v) is 12.2. The molecule has 0 aliphatic carbocycles. The van der Waals surface area contributed by atoms with Crippen LogP contribution in [-0.4, -0.2) is 19.1 Å². The van der Waals surface area contributed by atoms with E-state index < -0.39 is 0 Å². The third kappa shape index (κ3) is 3.25. The van der Waals surface area contributed by atoms with Crippen molar-refractivity contribution >= 4 is 23.1 Å². The number of aryl methyl sites for hydroxylation is 1. The van der Waals surface area contributed by atoms with Crippen LogP contribution in [-0.2, 0) is 6.54 Å². The normalized spacial score (nSPS) is 10.5. The van der Waals surface area contributed by atoms with Crippen LogP contribution in [0.5, 0.6) is 0 Å². The van der Waals surface area contributed by atoms with Crippen LogP contribution in [0.25, 0.3) is 0 Å². The number of hydrogen-bond acceptors (Lipinski definition) is 3. The largest absolute Gasteiger partial charge is 0.328 e. The molecule has 3 nitrogen and oxygen atoms in total. The van der Waals surface area contributed by atoms with Crippen molar-refractivity contribution in [3.63, 3.8) is 0 Å². The Labute approximate surface area is 119 Å². The highest BCUT2D eigenvalue weighted by molar-refractivity contribution is 6.33. The maximum Gasteiger partial charge on any atom is 0.151 e. The molecule has 0 aliphatic rings. The molecule has 19 heavy (non-hydrogen) atoms. The highest BCUT2D eigenvalue weighted by atomic mass is 35.5. The molecule has 0 amide bonds. The summed E-state index contributed by atoms with van der Waals surface area (Å²) in [6, 6.07) is 10.2. The van der Waals surface area contributed by atoms with Gasteiger partial charge < -0.3 is 10.2 Å². The highest BCUT2D eigenvalue weighted by Gasteiger charge is 2.10. The average Bonchev–Trinajstić information content (AvgIpc) is 2.38. The van der Waals surface area contributed by atoms with E-state index in [1.54, 1.807) is 0 Å². The number of hydrogen-bond donors (Lipinski definition) is 1. The Balaban J connectivity index is 2.31. The molecule has 1 heterocycles. The number of rotatable bonds is 4. The van der Waals surface area contributed by atoms with Gasteiger partial charge in [0.1, 0.15) is 0 Å². The lowest BCUT2D eigenvalue weighted by molar-refractivity contribution is 0.813. The summed E-state index contributed by atoms with van der Waals surface area (Å²) in [7, 11) is 3.88. The van der Waals surface area contributed by atoms with E-state index in [1.807, 2.05) is 43.4 Å². The first-order valence-electron chi connectivity index (χ1n) is 6.21. The number of anilines is 2. The minimum Gasteiger partial charge on any atom is -0.328 e. The van der Waals surface area contributed by atoms with Gasteiger partial charge in [-0.1, -0.05) is 23.7 Å². The first-order chi connectivity index (χ1) is 9.11. The molecule has 1 aromatic carbocycles. The summed E-state index contributed by atoms with van der Waals surface area (Å²) >= 11 is 6.32. The Morgan fingerprint density at radius 3 is 2.74 bits per heavy atom. The van der Waals surface area contributed by atoms with Gasteiger partial charge in [0.25, 0.3) is 0 Å². The van der Waals surface area contributed by atoms with Gasteiger partial charge in [-0.15, -0.1) is 0 Å². The van der Waals surface area contributed by atoms with E-state index >= 15 is 0 Å². The summed E-state index contributed by atoms with van der Waals surface area (Å²) in [5, 5.41) is 3.75. The molecule has 1 aromatic heterocycles. The number of halogens is 1. The molecule has 0 unspecified atom stereocenters. The lowest BCUT2D eigenvalue weighted by atomic mass is 10.2. The molecule has 0 spiro atoms. The third-order valence-electron chi connectivity index (χ3n) is 2.97. The first-order valence-corrected chi connectivity index (χ1v) is 6.59. The van der Waals surface area contributed by atoms with Gasteiger partial charge in [-0.25, -0.2) is 4.98 Å². The van der Waals surface area contributed by atoms with Crippen molar-refractivity contribution in [2.45, 2.75) is 13.5 Å². The molecule has 0 atom stereocenters. The number of aromatic nitrogens is 1. The highest BCUT2D eigenvalue weighted by Crippen LogP contribution is 2.29. The van der Waals surface area contributed by atoms with Gasteiger partial charge in [-0.2, -0.15) is 0 Å². The molecule has 2 aromatic rings. The van der Waals surface area contributed by atoms with E-state index in [9.17, 15) is 0 Å². The molecule has 0 fully saturated rings. The van der Waals surface area contributed by atoms with Crippen LogP contribution in [0.2, 0.25) is 5.02 Å². The van der Waals surface area contributed by atoms with Crippen LogP contribution in [0, 0.1) is 6.92 Å². The summed E-state index contributed by atoms with van der Waals surface area (Å²) < 4.78 is 0. The molecule has 0 radical (unpaired) electrons. The summed E-state index contributed by atoms with van der Waals surface area (Å²) in [6.07, 6.45) is 1.85. The van der Waals surface area contributed by atoms with E-state index in [0.717, 1.165) is 23.6 Å². The van der Waals surface area contributed by atoms with Crippen molar-refractivity contribution in [3.05, 3.63) is 52.7 Å². The van der Waals surface area contributed by atoms with E-state index in [-0.39, 0.29) is 0 Å². The average molecular weight is 276 g/mol. The fourth-order valence-corrected chi connectivity index (χ4v) is 2.29. The molecular weight excluding hydrogens is 258 g/mol. The van der Waals surface area contributed by atoms with Crippen molar-refractivity contribution < 1.29 is 0 Å². The molecule has 4 heteroatoms. The van der Waals surface area contributed by atoms with Crippen molar-refractivity contribution in [2.24, 2.45) is 0 Å². The smallest absolute Gasteiger partial charge is 0.151 e. The molecule has 2 rings (SSSR count). The third-order valence-corrected chi connectivity index (χ3v) is 3.24. The van der Waals surface area contributed by atoms with Crippen LogP contribution in [0.1, 0.15) is 11.1 Å². The second-order valence-electron chi connectivity index (χ2n) is 4.58. The fourth-order valence-electron chi connectivity index (χ4n) is 1.98. The molecular formula is C15H18ClN3. The van der Waals surface area contributed by atoms with Gasteiger partial charge in [-0.05, 0) is 43.3 Å². The van der Waals surface area contributed by atoms with E-state index in [1.165, 1.54) is 5.56 Å². The lowest BCUT2D eigenvalue weighted by Crippen LogP contribution is -2.13. The molecule has 1 N–H and O–H groups in total. The summed E-state index contributed by atoms with van der Waals surface area (Å²) in [4.78, 5) is 6.46. The van der Waals surface area contributed by atoms with Crippen LogP contribution in [0.15, 0.2) is 36.5 Å². The van der Waals surface area contributed by atoms with Crippen LogP contribution < -0.4 is 10.2 Å². The van der Waals surface area contributed by atoms with Gasteiger partial charge >= 0.3 is 0 Å². The SMILES string of the molecule is CNCc1cnc(N(C)c2cccc(C)c2)c(Cl)c1. The number of nitrogens with one attached hydrogen (secondary N) is 1. The molecule has 0 aliphatic heterocycles. The van der Waals surface area contributed by atoms with Crippen LogP contribution >= 0.6 is 11.6 Å². The van der Waals surface area contributed by atoms with Gasteiger partial charge in [-0.3, -0.25) is 0 Å². The molecule has 0 bridgehead atoms. The summed E-state index contributed by atoms with van der Waals surface area (Å²) in [6.45, 7) is 2.84. The van der Waals surface area contributed by atoms with Crippen LogP contribution in [0.3, 0.4) is 0 Å². The van der Waals surface area contributed by atoms with E-state index in [0.29, 0.717) is 5.02 Å². The Morgan fingerprint density at radius 1 is 1.32 bits per heavy atom. The topological polar surface area (TPSA) is 28.2 Å². The fraction of sp³-hybridized carbons (Fsp3) is 0.267. The number of pyridine rings is 1. The number of nitrogens with zero attached hydrogens (tertiary/aromatic N) is 2. The monoisotopic (exact) mass is 275 g/mol. The molecule has 100 valence electrons. The van der Waals surface area contributed by atoms with E-state index in [4.69, 9.17) is 11.6 Å². The zero-order chi connectivity index (χ0) is 13.8. The van der Waals surface area contributed by atoms with Crippen molar-refractivity contribution in [1.82, 2.24) is 10.3 Å². The van der Waals surface area contributed by atoms with Gasteiger partial charge in [0.15, 0.2) is 5.82 Å².